The highest BCUT2D eigenvalue weighted by Gasteiger charge is 2.38. The number of phenolic OH excluding ortho intramolecular Hbond substituents is 1. The molecule has 4 aromatic carbocycles. The molecule has 0 aliphatic heterocycles. The van der Waals surface area contributed by atoms with Crippen molar-refractivity contribution in [2.24, 2.45) is 0 Å². The summed E-state index contributed by atoms with van der Waals surface area (Å²) in [5, 5.41) is 9.92. The molecule has 4 aromatic rings. The van der Waals surface area contributed by atoms with Gasteiger partial charge in [0.25, 0.3) is 0 Å². The van der Waals surface area contributed by atoms with Gasteiger partial charge < -0.3 is 5.11 Å². The molecule has 4 heteroatoms. The second-order valence-electron chi connectivity index (χ2n) is 6.82. The van der Waals surface area contributed by atoms with Gasteiger partial charge in [0.15, 0.2) is 0 Å². The van der Waals surface area contributed by atoms with Crippen LogP contribution in [0.1, 0.15) is 22.3 Å². The average Bonchev–Trinajstić information content (AvgIpc) is 2.73. The smallest absolute Gasteiger partial charge is 0.115 e. The summed E-state index contributed by atoms with van der Waals surface area (Å²) in [4.78, 5) is 0. The van der Waals surface area contributed by atoms with Crippen LogP contribution in [0.4, 0.5) is 0 Å². The van der Waals surface area contributed by atoms with E-state index in [9.17, 15) is 5.11 Å². The first-order valence-electron chi connectivity index (χ1n) is 9.08. The molecule has 0 aromatic heterocycles. The van der Waals surface area contributed by atoms with Gasteiger partial charge in [0, 0.05) is 13.4 Å². The lowest BCUT2D eigenvalue weighted by atomic mass is 9.65. The van der Waals surface area contributed by atoms with Crippen LogP contribution in [0.5, 0.6) is 5.75 Å². The number of phenols is 1. The van der Waals surface area contributed by atoms with Crippen molar-refractivity contribution in [3.63, 3.8) is 0 Å². The van der Waals surface area contributed by atoms with Gasteiger partial charge in [-0.3, -0.25) is 0 Å². The Balaban J connectivity index is 2.11. The number of hydrogen-bond acceptors (Lipinski definition) is 1. The Morgan fingerprint density at radius 1 is 0.414 bits per heavy atom. The van der Waals surface area contributed by atoms with Gasteiger partial charge in [-0.2, -0.15) is 0 Å². The zero-order valence-electron chi connectivity index (χ0n) is 15.3. The van der Waals surface area contributed by atoms with Crippen LogP contribution in [0, 0.1) is 0 Å². The van der Waals surface area contributed by atoms with Gasteiger partial charge in [-0.15, -0.1) is 0 Å². The Kier molecular flexibility index (Phi) is 5.95. The number of aromatic hydroxyl groups is 1. The summed E-state index contributed by atoms with van der Waals surface area (Å²) in [7, 11) is 0. The van der Waals surface area contributed by atoms with Crippen molar-refractivity contribution in [2.45, 2.75) is 5.41 Å². The van der Waals surface area contributed by atoms with Gasteiger partial charge in [0.2, 0.25) is 0 Å². The molecule has 0 bridgehead atoms. The minimum Gasteiger partial charge on any atom is -0.508 e. The van der Waals surface area contributed by atoms with Crippen molar-refractivity contribution in [1.82, 2.24) is 0 Å². The fraction of sp³-hybridized carbons (Fsp3) is 0.0400. The Labute approximate surface area is 195 Å². The van der Waals surface area contributed by atoms with Crippen molar-refractivity contribution in [2.75, 3.05) is 0 Å². The summed E-state index contributed by atoms with van der Waals surface area (Å²) < 4.78 is 3.10. The fourth-order valence-corrected chi connectivity index (χ4v) is 4.60. The summed E-state index contributed by atoms with van der Waals surface area (Å²) in [5.41, 5.74) is 4.00. The first-order chi connectivity index (χ1) is 14.0. The Morgan fingerprint density at radius 3 is 0.931 bits per heavy atom. The molecule has 0 atom stereocenters. The van der Waals surface area contributed by atoms with Crippen molar-refractivity contribution >= 4 is 47.8 Å². The molecule has 29 heavy (non-hydrogen) atoms. The maximum atomic E-state index is 9.92. The van der Waals surface area contributed by atoms with Crippen molar-refractivity contribution in [3.05, 3.63) is 133 Å². The highest BCUT2D eigenvalue weighted by molar-refractivity contribution is 9.11. The van der Waals surface area contributed by atoms with E-state index < -0.39 is 5.41 Å². The molecule has 0 aliphatic carbocycles. The van der Waals surface area contributed by atoms with Crippen LogP contribution in [-0.4, -0.2) is 5.11 Å². The van der Waals surface area contributed by atoms with Crippen LogP contribution in [0.3, 0.4) is 0 Å². The van der Waals surface area contributed by atoms with Crippen LogP contribution in [-0.2, 0) is 5.41 Å². The van der Waals surface area contributed by atoms with E-state index in [1.54, 1.807) is 12.1 Å². The minimum absolute atomic E-state index is 0.255. The molecular formula is C25H17Br3O. The van der Waals surface area contributed by atoms with E-state index in [2.05, 4.69) is 121 Å². The van der Waals surface area contributed by atoms with E-state index in [1.807, 2.05) is 12.1 Å². The molecule has 0 saturated carbocycles. The number of halogens is 3. The van der Waals surface area contributed by atoms with E-state index in [1.165, 1.54) is 0 Å². The third-order valence-corrected chi connectivity index (χ3v) is 6.72. The predicted octanol–water partition coefficient (Wildman–Crippen LogP) is 8.06. The summed E-state index contributed by atoms with van der Waals surface area (Å²) in [6.45, 7) is 0. The molecule has 0 aliphatic rings. The van der Waals surface area contributed by atoms with E-state index in [0.717, 1.165) is 35.7 Å². The maximum absolute atomic E-state index is 9.92. The van der Waals surface area contributed by atoms with Gasteiger partial charge in [0.1, 0.15) is 5.75 Å². The lowest BCUT2D eigenvalue weighted by Gasteiger charge is -2.37. The highest BCUT2D eigenvalue weighted by Crippen LogP contribution is 2.46. The Morgan fingerprint density at radius 2 is 0.655 bits per heavy atom. The van der Waals surface area contributed by atoms with Gasteiger partial charge >= 0.3 is 0 Å². The molecular weight excluding hydrogens is 556 g/mol. The lowest BCUT2D eigenvalue weighted by molar-refractivity contribution is 0.475. The summed E-state index contributed by atoms with van der Waals surface area (Å²) >= 11 is 10.7. The van der Waals surface area contributed by atoms with Gasteiger partial charge in [-0.1, -0.05) is 96.3 Å². The Hall–Kier alpha value is -1.88. The predicted molar refractivity (Wildman–Crippen MR) is 130 cm³/mol. The van der Waals surface area contributed by atoms with Crippen LogP contribution in [0.15, 0.2) is 110 Å². The van der Waals surface area contributed by atoms with Crippen LogP contribution < -0.4 is 0 Å². The number of benzene rings is 4. The fourth-order valence-electron chi connectivity index (χ4n) is 3.81. The molecule has 4 rings (SSSR count). The van der Waals surface area contributed by atoms with Crippen molar-refractivity contribution < 1.29 is 5.11 Å². The van der Waals surface area contributed by atoms with Gasteiger partial charge in [-0.05, 0) is 70.8 Å². The maximum Gasteiger partial charge on any atom is 0.115 e. The number of rotatable bonds is 4. The average molecular weight is 573 g/mol. The minimum atomic E-state index is -0.532. The molecule has 0 unspecified atom stereocenters. The quantitative estimate of drug-likeness (QED) is 0.245. The first-order valence-corrected chi connectivity index (χ1v) is 11.5. The molecule has 0 heterocycles. The molecule has 0 saturated heterocycles. The van der Waals surface area contributed by atoms with Crippen LogP contribution in [0.25, 0.3) is 0 Å². The molecule has 0 fully saturated rings. The monoisotopic (exact) mass is 570 g/mol. The SMILES string of the molecule is Oc1ccc(C(c2ccc(Br)cc2)(c2ccc(Br)cc2)c2ccc(Br)cc2)cc1. The van der Waals surface area contributed by atoms with E-state index in [4.69, 9.17) is 0 Å². The second-order valence-corrected chi connectivity index (χ2v) is 9.56. The topological polar surface area (TPSA) is 20.2 Å². The van der Waals surface area contributed by atoms with E-state index >= 15 is 0 Å². The molecule has 1 nitrogen and oxygen atoms in total. The van der Waals surface area contributed by atoms with E-state index in [-0.39, 0.29) is 5.75 Å². The third kappa shape index (κ3) is 3.94. The number of hydrogen-bond donors (Lipinski definition) is 1. The standard InChI is InChI=1S/C25H17Br3O/c26-21-9-1-17(2-10-21)25(18-3-11-22(27)12-4-18,19-5-13-23(28)14-6-19)20-7-15-24(29)16-8-20/h1-16,29H. The zero-order chi connectivity index (χ0) is 20.4. The molecule has 0 amide bonds. The highest BCUT2D eigenvalue weighted by atomic mass is 79.9. The second kappa shape index (κ2) is 8.47. The van der Waals surface area contributed by atoms with Crippen LogP contribution >= 0.6 is 47.8 Å². The first kappa shape index (κ1) is 20.4. The summed E-state index contributed by atoms with van der Waals surface area (Å²) in [5.74, 6) is 0.255. The van der Waals surface area contributed by atoms with Crippen LogP contribution in [0.2, 0.25) is 0 Å². The Bertz CT molecular complexity index is 913. The van der Waals surface area contributed by atoms with Crippen molar-refractivity contribution in [1.29, 1.82) is 0 Å². The molecule has 0 radical (unpaired) electrons. The zero-order valence-corrected chi connectivity index (χ0v) is 20.1. The molecule has 144 valence electrons. The largest absolute Gasteiger partial charge is 0.508 e. The molecule has 1 N–H and O–H groups in total. The summed E-state index contributed by atoms with van der Waals surface area (Å²) in [6, 6.07) is 32.9. The van der Waals surface area contributed by atoms with Gasteiger partial charge in [0.05, 0.1) is 5.41 Å². The van der Waals surface area contributed by atoms with E-state index in [0.29, 0.717) is 0 Å². The molecule has 0 spiro atoms. The van der Waals surface area contributed by atoms with Crippen molar-refractivity contribution in [3.8, 4) is 5.75 Å². The normalized spacial score (nSPS) is 11.4. The lowest BCUT2D eigenvalue weighted by Crippen LogP contribution is -2.31. The third-order valence-electron chi connectivity index (χ3n) is 5.13. The summed E-state index contributed by atoms with van der Waals surface area (Å²) in [6.07, 6.45) is 0. The van der Waals surface area contributed by atoms with Gasteiger partial charge in [-0.25, -0.2) is 0 Å².